The molecule has 0 aromatic carbocycles. The fourth-order valence-corrected chi connectivity index (χ4v) is 5.83. The molecule has 292 valence electrons. The van der Waals surface area contributed by atoms with Crippen molar-refractivity contribution in [2.24, 2.45) is 5.73 Å². The van der Waals surface area contributed by atoms with Crippen molar-refractivity contribution in [3.05, 3.63) is 24.3 Å². The predicted molar refractivity (Wildman–Crippen MR) is 199 cm³/mol. The van der Waals surface area contributed by atoms with Gasteiger partial charge in [-0.2, -0.15) is 0 Å². The number of rotatable bonds is 36. The number of hydrogen-bond donors (Lipinski definition) is 3. The Morgan fingerprint density at radius 2 is 1.00 bits per heavy atom. The molecule has 50 heavy (non-hydrogen) atoms. The summed E-state index contributed by atoms with van der Waals surface area (Å²) in [5.41, 5.74) is 5.31. The molecular formula is C38H70NO10P. The van der Waals surface area contributed by atoms with Crippen LogP contribution in [0.3, 0.4) is 0 Å². The summed E-state index contributed by atoms with van der Waals surface area (Å²) in [6.45, 7) is 2.73. The number of phosphoric acid groups is 1. The molecule has 0 saturated heterocycles. The fraction of sp³-hybridized carbons (Fsp3) is 0.816. The molecule has 0 rings (SSSR count). The Balaban J connectivity index is 4.46. The molecule has 0 heterocycles. The SMILES string of the molecule is CCCCCC/C=C\CCCCCCCC(=O)OCC(COP(=O)(O)OCC(N)C(=O)O)OC(=O)CCCCCCC/C=C\CCCCCC. The number of ether oxygens (including phenoxy) is 2. The monoisotopic (exact) mass is 731 g/mol. The van der Waals surface area contributed by atoms with Gasteiger partial charge in [-0.15, -0.1) is 0 Å². The third-order valence-corrected chi connectivity index (χ3v) is 9.12. The highest BCUT2D eigenvalue weighted by Gasteiger charge is 2.28. The second-order valence-electron chi connectivity index (χ2n) is 13.1. The number of carboxylic acids is 1. The van der Waals surface area contributed by atoms with E-state index in [2.05, 4.69) is 42.7 Å². The van der Waals surface area contributed by atoms with Gasteiger partial charge in [0.2, 0.25) is 0 Å². The third-order valence-electron chi connectivity index (χ3n) is 8.17. The average Bonchev–Trinajstić information content (AvgIpc) is 3.09. The molecule has 3 atom stereocenters. The molecule has 0 aliphatic heterocycles. The summed E-state index contributed by atoms with van der Waals surface area (Å²) in [6.07, 6.45) is 32.4. The highest BCUT2D eigenvalue weighted by Crippen LogP contribution is 2.43. The molecule has 11 nitrogen and oxygen atoms in total. The van der Waals surface area contributed by atoms with Crippen molar-refractivity contribution in [1.29, 1.82) is 0 Å². The molecule has 0 spiro atoms. The van der Waals surface area contributed by atoms with Gasteiger partial charge in [0.05, 0.1) is 13.2 Å². The van der Waals surface area contributed by atoms with Crippen LogP contribution in [0.15, 0.2) is 24.3 Å². The van der Waals surface area contributed by atoms with E-state index in [0.29, 0.717) is 12.8 Å². The van der Waals surface area contributed by atoms with Gasteiger partial charge in [0, 0.05) is 12.8 Å². The quantitative estimate of drug-likeness (QED) is 0.0242. The molecule has 0 aliphatic rings. The highest BCUT2D eigenvalue weighted by molar-refractivity contribution is 7.47. The first kappa shape index (κ1) is 48.0. The number of nitrogens with two attached hydrogens (primary N) is 1. The summed E-state index contributed by atoms with van der Waals surface area (Å²) in [6, 6.07) is -1.52. The Kier molecular flexibility index (Phi) is 32.7. The van der Waals surface area contributed by atoms with E-state index < -0.39 is 51.1 Å². The van der Waals surface area contributed by atoms with Gasteiger partial charge < -0.3 is 25.2 Å². The highest BCUT2D eigenvalue weighted by atomic mass is 31.2. The van der Waals surface area contributed by atoms with Gasteiger partial charge in [0.15, 0.2) is 6.10 Å². The number of phosphoric ester groups is 1. The smallest absolute Gasteiger partial charge is 0.472 e. The summed E-state index contributed by atoms with van der Waals surface area (Å²) in [5, 5.41) is 8.85. The molecule has 0 aliphatic carbocycles. The molecular weight excluding hydrogens is 661 g/mol. The summed E-state index contributed by atoms with van der Waals surface area (Å²) >= 11 is 0. The van der Waals surface area contributed by atoms with Gasteiger partial charge >= 0.3 is 25.7 Å². The molecule has 4 N–H and O–H groups in total. The van der Waals surface area contributed by atoms with Crippen molar-refractivity contribution in [2.75, 3.05) is 19.8 Å². The molecule has 0 aromatic rings. The van der Waals surface area contributed by atoms with Gasteiger partial charge in [0.25, 0.3) is 0 Å². The lowest BCUT2D eigenvalue weighted by Gasteiger charge is -2.20. The Morgan fingerprint density at radius 3 is 1.46 bits per heavy atom. The normalized spacial score (nSPS) is 14.2. The van der Waals surface area contributed by atoms with E-state index in [0.717, 1.165) is 77.0 Å². The molecule has 0 aromatic heterocycles. The van der Waals surface area contributed by atoms with Gasteiger partial charge in [-0.1, -0.05) is 115 Å². The summed E-state index contributed by atoms with van der Waals surface area (Å²) in [7, 11) is -4.71. The average molecular weight is 732 g/mol. The maximum absolute atomic E-state index is 12.5. The van der Waals surface area contributed by atoms with E-state index in [4.69, 9.17) is 24.8 Å². The Labute approximate surface area is 302 Å². The Morgan fingerprint density at radius 1 is 0.600 bits per heavy atom. The fourth-order valence-electron chi connectivity index (χ4n) is 5.05. The van der Waals surface area contributed by atoms with Gasteiger partial charge in [-0.3, -0.25) is 23.4 Å². The van der Waals surface area contributed by atoms with E-state index in [1.807, 2.05) is 0 Å². The minimum absolute atomic E-state index is 0.150. The van der Waals surface area contributed by atoms with Crippen LogP contribution in [-0.2, 0) is 37.5 Å². The zero-order valence-electron chi connectivity index (χ0n) is 31.2. The molecule has 0 amide bonds. The van der Waals surface area contributed by atoms with Gasteiger partial charge in [-0.25, -0.2) is 4.57 Å². The molecule has 0 bridgehead atoms. The van der Waals surface area contributed by atoms with Crippen LogP contribution in [0.5, 0.6) is 0 Å². The number of carbonyl (C=O) groups is 3. The lowest BCUT2D eigenvalue weighted by Crippen LogP contribution is -2.34. The number of carboxylic acid groups (broad SMARTS) is 1. The maximum Gasteiger partial charge on any atom is 0.472 e. The van der Waals surface area contributed by atoms with Crippen molar-refractivity contribution in [3.8, 4) is 0 Å². The van der Waals surface area contributed by atoms with E-state index >= 15 is 0 Å². The number of carbonyl (C=O) groups excluding carboxylic acids is 2. The summed E-state index contributed by atoms with van der Waals surface area (Å²) in [4.78, 5) is 45.7. The Hall–Kier alpha value is -2.04. The lowest BCUT2D eigenvalue weighted by molar-refractivity contribution is -0.161. The van der Waals surface area contributed by atoms with Crippen LogP contribution in [-0.4, -0.2) is 59.9 Å². The van der Waals surface area contributed by atoms with Crippen LogP contribution in [0.25, 0.3) is 0 Å². The van der Waals surface area contributed by atoms with Crippen molar-refractivity contribution in [1.82, 2.24) is 0 Å². The second-order valence-corrected chi connectivity index (χ2v) is 14.5. The van der Waals surface area contributed by atoms with Gasteiger partial charge in [0.1, 0.15) is 12.6 Å². The molecule has 12 heteroatoms. The van der Waals surface area contributed by atoms with Crippen molar-refractivity contribution >= 4 is 25.7 Å². The van der Waals surface area contributed by atoms with Crippen LogP contribution in [0.4, 0.5) is 0 Å². The van der Waals surface area contributed by atoms with Crippen LogP contribution in [0, 0.1) is 0 Å². The maximum atomic E-state index is 12.5. The Bertz CT molecular complexity index is 958. The first-order valence-electron chi connectivity index (χ1n) is 19.4. The van der Waals surface area contributed by atoms with E-state index in [-0.39, 0.29) is 19.4 Å². The van der Waals surface area contributed by atoms with Gasteiger partial charge in [-0.05, 0) is 64.2 Å². The third kappa shape index (κ3) is 33.1. The largest absolute Gasteiger partial charge is 0.480 e. The minimum Gasteiger partial charge on any atom is -0.480 e. The second kappa shape index (κ2) is 34.1. The predicted octanol–water partition coefficient (Wildman–Crippen LogP) is 9.50. The van der Waals surface area contributed by atoms with Crippen LogP contribution in [0.1, 0.15) is 168 Å². The summed E-state index contributed by atoms with van der Waals surface area (Å²) in [5.74, 6) is -2.40. The first-order valence-corrected chi connectivity index (χ1v) is 20.9. The first-order chi connectivity index (χ1) is 24.1. The zero-order valence-corrected chi connectivity index (χ0v) is 32.1. The van der Waals surface area contributed by atoms with Crippen LogP contribution in [0.2, 0.25) is 0 Å². The number of hydrogen-bond acceptors (Lipinski definition) is 9. The van der Waals surface area contributed by atoms with Crippen molar-refractivity contribution in [2.45, 2.75) is 180 Å². The molecule has 0 fully saturated rings. The number of aliphatic carboxylic acids is 1. The molecule has 0 radical (unpaired) electrons. The van der Waals surface area contributed by atoms with E-state index in [1.54, 1.807) is 0 Å². The van der Waals surface area contributed by atoms with Crippen LogP contribution < -0.4 is 5.73 Å². The molecule has 0 saturated carbocycles. The van der Waals surface area contributed by atoms with E-state index in [9.17, 15) is 23.8 Å². The standard InChI is InChI=1S/C38H70NO10P/c1-3-5-7-9-11-13-15-17-19-21-23-25-27-29-36(40)46-31-34(32-47-50(44,45)48-33-35(39)38(42)43)49-37(41)30-28-26-24-22-20-18-16-14-12-10-8-6-4-2/h13-16,34-35H,3-12,17-33,39H2,1-2H3,(H,42,43)(H,44,45)/b15-13-,16-14-. The minimum atomic E-state index is -4.71. The number of allylic oxidation sites excluding steroid dienone is 4. The topological polar surface area (TPSA) is 172 Å². The zero-order chi connectivity index (χ0) is 37.1. The summed E-state index contributed by atoms with van der Waals surface area (Å²) < 4.78 is 32.5. The number of unbranched alkanes of at least 4 members (excludes halogenated alkanes) is 18. The van der Waals surface area contributed by atoms with Crippen molar-refractivity contribution in [3.63, 3.8) is 0 Å². The van der Waals surface area contributed by atoms with Crippen LogP contribution >= 0.6 is 7.82 Å². The van der Waals surface area contributed by atoms with Crippen molar-refractivity contribution < 1.29 is 47.5 Å². The van der Waals surface area contributed by atoms with E-state index in [1.165, 1.54) is 51.4 Å². The lowest BCUT2D eigenvalue weighted by atomic mass is 10.1. The molecule has 3 unspecified atom stereocenters. The number of esters is 2.